The molecule has 1 atom stereocenters. The van der Waals surface area contributed by atoms with Gasteiger partial charge in [-0.2, -0.15) is 13.2 Å². The molecule has 0 spiro atoms. The molecule has 2 aromatic carbocycles. The van der Waals surface area contributed by atoms with Gasteiger partial charge < -0.3 is 19.7 Å². The third-order valence-corrected chi connectivity index (χ3v) is 9.65. The van der Waals surface area contributed by atoms with E-state index < -0.39 is 41.0 Å². The zero-order valence-corrected chi connectivity index (χ0v) is 27.8. The number of imide groups is 1. The number of rotatable bonds is 7. The Balaban J connectivity index is 1.02. The highest BCUT2D eigenvalue weighted by Crippen LogP contribution is 2.37. The van der Waals surface area contributed by atoms with Gasteiger partial charge in [-0.1, -0.05) is 18.2 Å². The molecule has 0 saturated carbocycles. The summed E-state index contributed by atoms with van der Waals surface area (Å²) in [5.74, 6) is -1.33. The van der Waals surface area contributed by atoms with E-state index >= 15 is 0 Å². The third-order valence-electron chi connectivity index (χ3n) is 9.65. The summed E-state index contributed by atoms with van der Waals surface area (Å²) >= 11 is 0. The zero-order chi connectivity index (χ0) is 36.2. The number of carbonyl (C=O) groups is 4. The van der Waals surface area contributed by atoms with Crippen LogP contribution in [0.4, 0.5) is 18.9 Å². The number of benzene rings is 2. The molecule has 2 saturated heterocycles. The van der Waals surface area contributed by atoms with Crippen LogP contribution in [-0.4, -0.2) is 67.6 Å². The van der Waals surface area contributed by atoms with Crippen molar-refractivity contribution in [3.05, 3.63) is 88.1 Å². The molecule has 2 fully saturated rings. The van der Waals surface area contributed by atoms with Crippen LogP contribution in [0.1, 0.15) is 94.6 Å². The smallest absolute Gasteiger partial charge is 0.433 e. The van der Waals surface area contributed by atoms with E-state index in [2.05, 4.69) is 20.5 Å². The van der Waals surface area contributed by atoms with E-state index in [0.29, 0.717) is 47.6 Å². The van der Waals surface area contributed by atoms with Crippen LogP contribution in [0, 0.1) is 0 Å². The van der Waals surface area contributed by atoms with Gasteiger partial charge in [0.25, 0.3) is 11.8 Å². The van der Waals surface area contributed by atoms with Crippen LogP contribution in [-0.2, 0) is 34.5 Å². The van der Waals surface area contributed by atoms with Crippen LogP contribution in [0.3, 0.4) is 0 Å². The van der Waals surface area contributed by atoms with E-state index in [0.717, 1.165) is 49.2 Å². The minimum atomic E-state index is -4.72. The lowest BCUT2D eigenvalue weighted by atomic mass is 9.95. The second-order valence-electron chi connectivity index (χ2n) is 13.8. The summed E-state index contributed by atoms with van der Waals surface area (Å²) in [7, 11) is 0. The standard InChI is InChI=1S/C36H35F3N6O6/c1-35(2,50)23-15-26-28(16-25(23)41-31(47)24-4-3-5-29(40-24)36(37,38)39)51-33(42-26)20-10-12-44(13-11-20)17-19-6-7-22-21(14-19)18-45(34(22)49)27-8-9-30(46)43-32(27)48/h3-7,14-16,20,27,50H,8-13,17-18H2,1-2H3,(H,41,47)(H,43,46,48). The van der Waals surface area contributed by atoms with Crippen molar-refractivity contribution in [2.75, 3.05) is 18.4 Å². The lowest BCUT2D eigenvalue weighted by Crippen LogP contribution is -2.52. The number of nitrogens with zero attached hydrogens (tertiary/aromatic N) is 4. The first-order chi connectivity index (χ1) is 24.1. The summed E-state index contributed by atoms with van der Waals surface area (Å²) < 4.78 is 45.7. The van der Waals surface area contributed by atoms with E-state index in [1.807, 2.05) is 12.1 Å². The number of aromatic nitrogens is 2. The summed E-state index contributed by atoms with van der Waals surface area (Å²) in [6.45, 7) is 5.53. The van der Waals surface area contributed by atoms with Gasteiger partial charge in [0.05, 0.1) is 11.3 Å². The van der Waals surface area contributed by atoms with E-state index in [-0.39, 0.29) is 29.8 Å². The van der Waals surface area contributed by atoms with E-state index in [9.17, 15) is 37.5 Å². The number of anilines is 1. The van der Waals surface area contributed by atoms with Crippen molar-refractivity contribution in [1.29, 1.82) is 0 Å². The molecule has 0 bridgehead atoms. The van der Waals surface area contributed by atoms with Crippen LogP contribution in [0.5, 0.6) is 0 Å². The monoisotopic (exact) mass is 704 g/mol. The number of carbonyl (C=O) groups excluding carboxylic acids is 4. The first-order valence-electron chi connectivity index (χ1n) is 16.7. The Kier molecular flexibility index (Phi) is 8.66. The molecule has 3 N–H and O–H groups in total. The van der Waals surface area contributed by atoms with Gasteiger partial charge in [0.15, 0.2) is 11.5 Å². The van der Waals surface area contributed by atoms with E-state index in [1.165, 1.54) is 30.9 Å². The van der Waals surface area contributed by atoms with Crippen LogP contribution < -0.4 is 10.6 Å². The second kappa shape index (κ2) is 12.9. The van der Waals surface area contributed by atoms with Crippen molar-refractivity contribution in [3.63, 3.8) is 0 Å². The molecule has 266 valence electrons. The number of aliphatic hydroxyl groups is 1. The number of amides is 4. The molecule has 12 nitrogen and oxygen atoms in total. The van der Waals surface area contributed by atoms with Crippen molar-refractivity contribution in [2.45, 2.75) is 76.4 Å². The van der Waals surface area contributed by atoms with Crippen molar-refractivity contribution in [3.8, 4) is 0 Å². The zero-order valence-electron chi connectivity index (χ0n) is 27.8. The Morgan fingerprint density at radius 2 is 1.80 bits per heavy atom. The summed E-state index contributed by atoms with van der Waals surface area (Å²) in [5, 5.41) is 15.8. The Labute approximate surface area is 290 Å². The van der Waals surface area contributed by atoms with Crippen LogP contribution in [0.25, 0.3) is 11.1 Å². The number of fused-ring (bicyclic) bond motifs is 2. The molecular formula is C36H35F3N6O6. The normalized spacial score (nSPS) is 19.1. The van der Waals surface area contributed by atoms with Gasteiger partial charge in [0.1, 0.15) is 22.9 Å². The maximum atomic E-state index is 13.2. The minimum Gasteiger partial charge on any atom is -0.440 e. The second-order valence-corrected chi connectivity index (χ2v) is 13.8. The van der Waals surface area contributed by atoms with Gasteiger partial charge in [-0.15, -0.1) is 0 Å². The summed E-state index contributed by atoms with van der Waals surface area (Å²) in [6.07, 6.45) is -2.70. The quantitative estimate of drug-likeness (QED) is 0.229. The van der Waals surface area contributed by atoms with Crippen LogP contribution >= 0.6 is 0 Å². The first kappa shape index (κ1) is 34.3. The lowest BCUT2D eigenvalue weighted by molar-refractivity contribution is -0.141. The SMILES string of the molecule is CC(C)(O)c1cc2nc(C3CCN(Cc4ccc5c(c4)CN(C4CCC(=O)NC4=O)C5=O)CC3)oc2cc1NC(=O)c1cccc(C(F)(F)F)n1. The minimum absolute atomic E-state index is 0.00584. The highest BCUT2D eigenvalue weighted by atomic mass is 19.4. The molecule has 3 aliphatic heterocycles. The lowest BCUT2D eigenvalue weighted by Gasteiger charge is -2.30. The van der Waals surface area contributed by atoms with Crippen molar-refractivity contribution in [1.82, 2.24) is 25.1 Å². The number of piperidine rings is 2. The first-order valence-corrected chi connectivity index (χ1v) is 16.7. The molecule has 2 aromatic heterocycles. The molecule has 51 heavy (non-hydrogen) atoms. The van der Waals surface area contributed by atoms with Crippen molar-refractivity contribution < 1.29 is 41.9 Å². The highest BCUT2D eigenvalue weighted by Gasteiger charge is 2.39. The van der Waals surface area contributed by atoms with Gasteiger partial charge in [-0.05, 0) is 81.6 Å². The summed E-state index contributed by atoms with van der Waals surface area (Å²) in [4.78, 5) is 62.0. The number of alkyl halides is 3. The van der Waals surface area contributed by atoms with E-state index in [1.54, 1.807) is 12.1 Å². The number of pyridine rings is 1. The fraction of sp³-hybridized carbons (Fsp3) is 0.389. The van der Waals surface area contributed by atoms with Gasteiger partial charge in [-0.3, -0.25) is 29.4 Å². The van der Waals surface area contributed by atoms with Crippen molar-refractivity contribution in [2.24, 2.45) is 0 Å². The predicted molar refractivity (Wildman–Crippen MR) is 176 cm³/mol. The molecule has 0 radical (unpaired) electrons. The molecule has 3 aliphatic rings. The van der Waals surface area contributed by atoms with Gasteiger partial charge in [0, 0.05) is 42.6 Å². The Morgan fingerprint density at radius 3 is 2.51 bits per heavy atom. The number of likely N-dealkylation sites (tertiary alicyclic amines) is 1. The molecule has 15 heteroatoms. The van der Waals surface area contributed by atoms with Crippen LogP contribution in [0.15, 0.2) is 52.9 Å². The molecular weight excluding hydrogens is 669 g/mol. The van der Waals surface area contributed by atoms with Crippen molar-refractivity contribution >= 4 is 40.4 Å². The Morgan fingerprint density at radius 1 is 1.04 bits per heavy atom. The average molecular weight is 705 g/mol. The van der Waals surface area contributed by atoms with Gasteiger partial charge >= 0.3 is 6.18 Å². The number of halogens is 3. The molecule has 0 aliphatic carbocycles. The number of nitrogens with one attached hydrogen (secondary N) is 2. The maximum absolute atomic E-state index is 13.2. The molecule has 1 unspecified atom stereocenters. The number of hydrogen-bond donors (Lipinski definition) is 3. The maximum Gasteiger partial charge on any atom is 0.433 e. The molecule has 5 heterocycles. The predicted octanol–water partition coefficient (Wildman–Crippen LogP) is 4.86. The summed E-state index contributed by atoms with van der Waals surface area (Å²) in [5.41, 5.74) is 0.703. The topological polar surface area (TPSA) is 158 Å². The fourth-order valence-electron chi connectivity index (χ4n) is 7.00. The van der Waals surface area contributed by atoms with Gasteiger partial charge in [0.2, 0.25) is 11.8 Å². The molecule has 4 amide bonds. The molecule has 4 aromatic rings. The van der Waals surface area contributed by atoms with Gasteiger partial charge in [-0.25, -0.2) is 9.97 Å². The number of oxazole rings is 1. The largest absolute Gasteiger partial charge is 0.440 e. The molecule has 7 rings (SSSR count). The Hall–Kier alpha value is -5.15. The van der Waals surface area contributed by atoms with E-state index in [4.69, 9.17) is 9.40 Å². The average Bonchev–Trinajstić information content (AvgIpc) is 3.64. The number of hydrogen-bond acceptors (Lipinski definition) is 9. The highest BCUT2D eigenvalue weighted by molar-refractivity contribution is 6.06. The van der Waals surface area contributed by atoms with Crippen LogP contribution in [0.2, 0.25) is 0 Å². The Bertz CT molecular complexity index is 2060. The summed E-state index contributed by atoms with van der Waals surface area (Å²) in [6, 6.07) is 11.3. The third kappa shape index (κ3) is 6.95. The fourth-order valence-corrected chi connectivity index (χ4v) is 7.00.